The molecule has 2 heterocycles. The van der Waals surface area contributed by atoms with Gasteiger partial charge in [0, 0.05) is 17.7 Å². The monoisotopic (exact) mass is 425 g/mol. The van der Waals surface area contributed by atoms with Crippen molar-refractivity contribution in [2.24, 2.45) is 0 Å². The maximum atomic E-state index is 12.2. The Kier molecular flexibility index (Phi) is 6.50. The van der Waals surface area contributed by atoms with Crippen molar-refractivity contribution in [1.29, 1.82) is 0 Å². The van der Waals surface area contributed by atoms with E-state index in [4.69, 9.17) is 10.8 Å². The van der Waals surface area contributed by atoms with E-state index in [1.54, 1.807) is 12.1 Å². The number of nitrogens with two attached hydrogens (primary N) is 1. The summed E-state index contributed by atoms with van der Waals surface area (Å²) in [5, 5.41) is 14.6. The van der Waals surface area contributed by atoms with Gasteiger partial charge in [0.1, 0.15) is 12.3 Å². The second kappa shape index (κ2) is 9.43. The molecule has 1 atom stereocenters. The highest BCUT2D eigenvalue weighted by molar-refractivity contribution is 5.96. The van der Waals surface area contributed by atoms with Crippen LogP contribution in [-0.4, -0.2) is 49.2 Å². The van der Waals surface area contributed by atoms with Crippen molar-refractivity contribution in [3.8, 4) is 0 Å². The summed E-state index contributed by atoms with van der Waals surface area (Å²) in [5.74, 6) is -1.82. The molecule has 0 radical (unpaired) electrons. The van der Waals surface area contributed by atoms with Gasteiger partial charge in [-0.1, -0.05) is 0 Å². The molecule has 0 aliphatic rings. The van der Waals surface area contributed by atoms with Gasteiger partial charge in [-0.25, -0.2) is 14.8 Å². The average Bonchev–Trinajstić information content (AvgIpc) is 2.74. The number of hydrogen-bond acceptors (Lipinski definition) is 9. The lowest BCUT2D eigenvalue weighted by atomic mass is 10.1. The second-order valence-corrected chi connectivity index (χ2v) is 6.52. The van der Waals surface area contributed by atoms with Gasteiger partial charge in [0.25, 0.3) is 11.5 Å². The molecular weight excluding hydrogens is 406 g/mol. The highest BCUT2D eigenvalue weighted by atomic mass is 16.4. The lowest BCUT2D eigenvalue weighted by Crippen LogP contribution is -2.40. The summed E-state index contributed by atoms with van der Waals surface area (Å²) in [7, 11) is 0. The van der Waals surface area contributed by atoms with Gasteiger partial charge >= 0.3 is 5.97 Å². The van der Waals surface area contributed by atoms with E-state index in [1.165, 1.54) is 18.3 Å². The molecule has 0 bridgehead atoms. The topological polar surface area (TPSA) is 193 Å². The van der Waals surface area contributed by atoms with Crippen LogP contribution >= 0.6 is 0 Å². The van der Waals surface area contributed by atoms with Crippen LogP contribution < -0.4 is 21.9 Å². The number of amides is 1. The number of carboxylic acid groups (broad SMARTS) is 1. The predicted octanol–water partition coefficient (Wildman–Crippen LogP) is 0.0695. The molecule has 1 aromatic carbocycles. The van der Waals surface area contributed by atoms with Crippen LogP contribution in [0.25, 0.3) is 11.2 Å². The van der Waals surface area contributed by atoms with Crippen LogP contribution in [0.5, 0.6) is 0 Å². The van der Waals surface area contributed by atoms with Crippen molar-refractivity contribution in [1.82, 2.24) is 25.3 Å². The molecular formula is C19H19N7O5. The Morgan fingerprint density at radius 2 is 1.97 bits per heavy atom. The molecule has 0 aliphatic heterocycles. The molecule has 160 valence electrons. The van der Waals surface area contributed by atoms with Crippen molar-refractivity contribution in [3.63, 3.8) is 0 Å². The van der Waals surface area contributed by atoms with Crippen molar-refractivity contribution in [2.75, 3.05) is 11.1 Å². The molecule has 6 N–H and O–H groups in total. The van der Waals surface area contributed by atoms with Crippen molar-refractivity contribution in [2.45, 2.75) is 25.4 Å². The van der Waals surface area contributed by atoms with Crippen LogP contribution in [0.15, 0.2) is 35.3 Å². The molecule has 12 nitrogen and oxygen atoms in total. The van der Waals surface area contributed by atoms with Crippen molar-refractivity contribution < 1.29 is 19.5 Å². The average molecular weight is 425 g/mol. The number of nitrogens with zero attached hydrogens (tertiary/aromatic N) is 3. The van der Waals surface area contributed by atoms with E-state index in [-0.39, 0.29) is 42.1 Å². The molecule has 3 aromatic rings. The number of fused-ring (bicyclic) bond motifs is 1. The molecule has 31 heavy (non-hydrogen) atoms. The highest BCUT2D eigenvalue weighted by Gasteiger charge is 2.20. The van der Waals surface area contributed by atoms with Crippen LogP contribution in [0.4, 0.5) is 11.6 Å². The predicted molar refractivity (Wildman–Crippen MR) is 110 cm³/mol. The fourth-order valence-electron chi connectivity index (χ4n) is 2.72. The summed E-state index contributed by atoms with van der Waals surface area (Å²) in [6, 6.07) is 5.21. The fraction of sp³-hybridized carbons (Fsp3) is 0.211. The number of aromatic amines is 1. The number of carboxylic acids is 1. The minimum Gasteiger partial charge on any atom is -0.480 e. The third kappa shape index (κ3) is 5.38. The van der Waals surface area contributed by atoms with Crippen molar-refractivity contribution in [3.05, 3.63) is 52.1 Å². The van der Waals surface area contributed by atoms with Gasteiger partial charge < -0.3 is 26.3 Å². The maximum absolute atomic E-state index is 12.2. The molecule has 12 heteroatoms. The normalized spacial score (nSPS) is 11.6. The van der Waals surface area contributed by atoms with E-state index in [1.807, 2.05) is 0 Å². The summed E-state index contributed by atoms with van der Waals surface area (Å²) in [6.45, 7) is 0.273. The number of aliphatic carboxylic acids is 1. The number of aromatic nitrogens is 4. The van der Waals surface area contributed by atoms with Gasteiger partial charge in [-0.15, -0.1) is 0 Å². The number of anilines is 2. The smallest absolute Gasteiger partial charge is 0.326 e. The lowest BCUT2D eigenvalue weighted by Gasteiger charge is -2.13. The number of aldehydes is 1. The molecule has 1 amide bonds. The number of carbonyl (C=O) groups is 3. The molecule has 0 fully saturated rings. The molecule has 0 spiro atoms. The third-order valence-corrected chi connectivity index (χ3v) is 4.28. The van der Waals surface area contributed by atoms with E-state index in [9.17, 15) is 19.2 Å². The minimum atomic E-state index is -1.21. The third-order valence-electron chi connectivity index (χ3n) is 4.28. The summed E-state index contributed by atoms with van der Waals surface area (Å²) in [4.78, 5) is 60.2. The van der Waals surface area contributed by atoms with Gasteiger partial charge in [0.15, 0.2) is 11.2 Å². The molecule has 2 aromatic heterocycles. The first-order chi connectivity index (χ1) is 14.9. The summed E-state index contributed by atoms with van der Waals surface area (Å²) in [5.41, 5.74) is 6.73. The second-order valence-electron chi connectivity index (χ2n) is 6.52. The largest absolute Gasteiger partial charge is 0.480 e. The van der Waals surface area contributed by atoms with Crippen LogP contribution in [0.1, 0.15) is 28.9 Å². The number of hydrogen-bond donors (Lipinski definition) is 5. The molecule has 0 aliphatic carbocycles. The van der Waals surface area contributed by atoms with Crippen LogP contribution in [0.2, 0.25) is 0 Å². The number of nitrogen functional groups attached to an aromatic ring is 1. The van der Waals surface area contributed by atoms with Gasteiger partial charge in [0.05, 0.1) is 18.4 Å². The van der Waals surface area contributed by atoms with Crippen LogP contribution in [-0.2, 0) is 16.1 Å². The van der Waals surface area contributed by atoms with E-state index in [0.717, 1.165) is 0 Å². The molecule has 0 saturated carbocycles. The number of nitrogens with one attached hydrogen (secondary N) is 3. The quantitative estimate of drug-likeness (QED) is 0.293. The number of benzene rings is 1. The zero-order valence-electron chi connectivity index (χ0n) is 16.2. The van der Waals surface area contributed by atoms with E-state index < -0.39 is 23.5 Å². The SMILES string of the molecule is Nc1nc2nc(CNc3ccc(C(=O)NC(CCC=O)C(=O)O)cc3)cnc2c(=O)[nH]1. The number of H-pyrrole nitrogens is 1. The number of carbonyl (C=O) groups excluding carboxylic acids is 2. The van der Waals surface area contributed by atoms with Crippen LogP contribution in [0.3, 0.4) is 0 Å². The van der Waals surface area contributed by atoms with E-state index in [2.05, 4.69) is 30.6 Å². The van der Waals surface area contributed by atoms with E-state index in [0.29, 0.717) is 17.7 Å². The molecule has 3 rings (SSSR count). The van der Waals surface area contributed by atoms with Gasteiger partial charge in [0.2, 0.25) is 5.95 Å². The Morgan fingerprint density at radius 3 is 2.65 bits per heavy atom. The first-order valence-corrected chi connectivity index (χ1v) is 9.20. The lowest BCUT2D eigenvalue weighted by molar-refractivity contribution is -0.139. The Balaban J connectivity index is 1.63. The summed E-state index contributed by atoms with van der Waals surface area (Å²) < 4.78 is 0. The van der Waals surface area contributed by atoms with Gasteiger partial charge in [-0.05, 0) is 30.7 Å². The number of rotatable bonds is 9. The fourth-order valence-corrected chi connectivity index (χ4v) is 2.72. The first-order valence-electron chi connectivity index (χ1n) is 9.20. The molecule has 0 saturated heterocycles. The maximum Gasteiger partial charge on any atom is 0.326 e. The zero-order chi connectivity index (χ0) is 22.4. The standard InChI is InChI=1S/C19H19N7O5/c20-19-25-15-14(17(29)26-19)22-9-12(23-15)8-21-11-5-3-10(4-6-11)16(28)24-13(18(30)31)2-1-7-27/h3-7,9,13,21H,1-2,8H2,(H,24,28)(H,30,31)(H3,20,23,25,26,29). The molecule has 1 unspecified atom stereocenters. The highest BCUT2D eigenvalue weighted by Crippen LogP contribution is 2.12. The van der Waals surface area contributed by atoms with Gasteiger partial charge in [-0.3, -0.25) is 14.6 Å². The van der Waals surface area contributed by atoms with E-state index >= 15 is 0 Å². The Bertz CT molecular complexity index is 1180. The Morgan fingerprint density at radius 1 is 1.23 bits per heavy atom. The Hall–Kier alpha value is -4.35. The van der Waals surface area contributed by atoms with Gasteiger partial charge in [-0.2, -0.15) is 4.98 Å². The zero-order valence-corrected chi connectivity index (χ0v) is 16.2. The van der Waals surface area contributed by atoms with Crippen molar-refractivity contribution >= 4 is 41.0 Å². The first kappa shape index (κ1) is 21.4. The summed E-state index contributed by atoms with van der Waals surface area (Å²) in [6.07, 6.45) is 2.10. The minimum absolute atomic E-state index is 0.0172. The van der Waals surface area contributed by atoms with Crippen LogP contribution in [0, 0.1) is 0 Å². The summed E-state index contributed by atoms with van der Waals surface area (Å²) >= 11 is 0. The Labute approximate surface area is 174 Å².